The van der Waals surface area contributed by atoms with Gasteiger partial charge in [-0.05, 0) is 18.6 Å². The molecule has 0 heterocycles. The second kappa shape index (κ2) is 4.19. The van der Waals surface area contributed by atoms with E-state index in [0.29, 0.717) is 5.33 Å². The number of hydrogen-bond donors (Lipinski definition) is 0. The minimum Gasteiger partial charge on any atom is -0.258 e. The van der Waals surface area contributed by atoms with Crippen LogP contribution in [0, 0.1) is 17.0 Å². The largest absolute Gasteiger partial charge is 0.274 e. The quantitative estimate of drug-likeness (QED) is 0.476. The number of nitrogens with zero attached hydrogens (tertiary/aromatic N) is 1. The molecule has 0 unspecified atom stereocenters. The normalized spacial score (nSPS) is 10.1. The summed E-state index contributed by atoms with van der Waals surface area (Å²) in [5.74, 6) is 0. The molecule has 0 amide bonds. The lowest BCUT2D eigenvalue weighted by Crippen LogP contribution is -1.96. The minimum atomic E-state index is -0.367. The number of alkyl halides is 1. The molecule has 0 N–H and O–H groups in total. The molecule has 0 aliphatic carbocycles. The Kier molecular flexibility index (Phi) is 3.44. The van der Waals surface area contributed by atoms with Crippen molar-refractivity contribution in [3.63, 3.8) is 0 Å². The van der Waals surface area contributed by atoms with Gasteiger partial charge >= 0.3 is 0 Å². The van der Waals surface area contributed by atoms with Gasteiger partial charge in [-0.15, -0.1) is 0 Å². The maximum atomic E-state index is 10.6. The summed E-state index contributed by atoms with van der Waals surface area (Å²) in [7, 11) is 0. The Morgan fingerprint density at radius 1 is 1.54 bits per heavy atom. The molecule has 0 saturated heterocycles. The zero-order chi connectivity index (χ0) is 10.0. The molecular weight excluding hydrogens is 302 g/mol. The third kappa shape index (κ3) is 2.28. The summed E-state index contributed by atoms with van der Waals surface area (Å²) >= 11 is 6.46. The van der Waals surface area contributed by atoms with Gasteiger partial charge < -0.3 is 0 Å². The van der Waals surface area contributed by atoms with Crippen LogP contribution in [-0.2, 0) is 5.33 Å². The van der Waals surface area contributed by atoms with Crippen molar-refractivity contribution in [3.05, 3.63) is 37.8 Å². The lowest BCUT2D eigenvalue weighted by molar-refractivity contribution is -0.385. The van der Waals surface area contributed by atoms with Crippen molar-refractivity contribution in [1.29, 1.82) is 0 Å². The topological polar surface area (TPSA) is 43.1 Å². The molecular formula is C8H7Br2NO2. The van der Waals surface area contributed by atoms with Crippen LogP contribution in [0.15, 0.2) is 16.6 Å². The highest BCUT2D eigenvalue weighted by Crippen LogP contribution is 2.28. The molecule has 0 aliphatic heterocycles. The summed E-state index contributed by atoms with van der Waals surface area (Å²) in [4.78, 5) is 10.3. The first-order valence-corrected chi connectivity index (χ1v) is 5.47. The van der Waals surface area contributed by atoms with Gasteiger partial charge in [0.2, 0.25) is 0 Å². The zero-order valence-corrected chi connectivity index (χ0v) is 10.1. The van der Waals surface area contributed by atoms with Gasteiger partial charge in [-0.3, -0.25) is 10.1 Å². The Morgan fingerprint density at radius 2 is 2.15 bits per heavy atom. The molecule has 0 fully saturated rings. The number of halogens is 2. The van der Waals surface area contributed by atoms with E-state index < -0.39 is 0 Å². The Labute approximate surface area is 92.5 Å². The van der Waals surface area contributed by atoms with Crippen LogP contribution in [0.2, 0.25) is 0 Å². The van der Waals surface area contributed by atoms with Gasteiger partial charge in [0.1, 0.15) is 0 Å². The molecule has 0 bridgehead atoms. The monoisotopic (exact) mass is 307 g/mol. The van der Waals surface area contributed by atoms with Crippen molar-refractivity contribution >= 4 is 37.5 Å². The van der Waals surface area contributed by atoms with Gasteiger partial charge in [0.25, 0.3) is 5.69 Å². The van der Waals surface area contributed by atoms with Crippen LogP contribution in [0.1, 0.15) is 11.1 Å². The SMILES string of the molecule is Cc1cc(Br)cc([N+](=O)[O-])c1CBr. The standard InChI is InChI=1S/C8H7Br2NO2/c1-5-2-6(10)3-8(11(12)13)7(5)4-9/h2-3H,4H2,1H3. The van der Waals surface area contributed by atoms with Crippen molar-refractivity contribution in [2.75, 3.05) is 0 Å². The summed E-state index contributed by atoms with van der Waals surface area (Å²) in [6, 6.07) is 3.38. The Hall–Kier alpha value is -0.420. The first kappa shape index (κ1) is 10.7. The van der Waals surface area contributed by atoms with Crippen LogP contribution in [-0.4, -0.2) is 4.92 Å². The van der Waals surface area contributed by atoms with Gasteiger partial charge in [0.15, 0.2) is 0 Å². The second-order valence-corrected chi connectivity index (χ2v) is 4.09. The predicted octanol–water partition coefficient (Wildman–Crippen LogP) is 3.56. The van der Waals surface area contributed by atoms with E-state index >= 15 is 0 Å². The molecule has 5 heteroatoms. The van der Waals surface area contributed by atoms with E-state index in [1.165, 1.54) is 6.07 Å². The summed E-state index contributed by atoms with van der Waals surface area (Å²) in [5, 5.41) is 11.2. The highest BCUT2D eigenvalue weighted by atomic mass is 79.9. The van der Waals surface area contributed by atoms with Crippen LogP contribution in [0.4, 0.5) is 5.69 Å². The second-order valence-electron chi connectivity index (χ2n) is 2.61. The lowest BCUT2D eigenvalue weighted by atomic mass is 10.1. The number of rotatable bonds is 2. The van der Waals surface area contributed by atoms with E-state index in [0.717, 1.165) is 15.6 Å². The Balaban J connectivity index is 3.38. The minimum absolute atomic E-state index is 0.156. The van der Waals surface area contributed by atoms with Crippen molar-refractivity contribution in [3.8, 4) is 0 Å². The third-order valence-corrected chi connectivity index (χ3v) is 2.76. The Bertz CT molecular complexity index is 352. The number of aryl methyl sites for hydroxylation is 1. The number of nitro groups is 1. The van der Waals surface area contributed by atoms with Gasteiger partial charge in [-0.1, -0.05) is 31.9 Å². The molecule has 70 valence electrons. The van der Waals surface area contributed by atoms with Gasteiger partial charge in [-0.25, -0.2) is 0 Å². The van der Waals surface area contributed by atoms with Crippen molar-refractivity contribution in [2.45, 2.75) is 12.3 Å². The predicted molar refractivity (Wildman–Crippen MR) is 58.2 cm³/mol. The van der Waals surface area contributed by atoms with Gasteiger partial charge in [-0.2, -0.15) is 0 Å². The van der Waals surface area contributed by atoms with Gasteiger partial charge in [0.05, 0.1) is 4.92 Å². The zero-order valence-electron chi connectivity index (χ0n) is 6.88. The van der Waals surface area contributed by atoms with Crippen molar-refractivity contribution in [2.24, 2.45) is 0 Å². The molecule has 1 aromatic carbocycles. The third-order valence-electron chi connectivity index (χ3n) is 1.74. The molecule has 0 aliphatic rings. The van der Waals surface area contributed by atoms with E-state index in [-0.39, 0.29) is 10.6 Å². The highest BCUT2D eigenvalue weighted by Gasteiger charge is 2.15. The summed E-state index contributed by atoms with van der Waals surface area (Å²) in [5.41, 5.74) is 1.80. The summed E-state index contributed by atoms with van der Waals surface area (Å²) < 4.78 is 0.737. The summed E-state index contributed by atoms with van der Waals surface area (Å²) in [6.07, 6.45) is 0. The maximum absolute atomic E-state index is 10.6. The van der Waals surface area contributed by atoms with Crippen LogP contribution >= 0.6 is 31.9 Å². The molecule has 0 radical (unpaired) electrons. The molecule has 0 saturated carbocycles. The number of benzene rings is 1. The van der Waals surface area contributed by atoms with Crippen LogP contribution < -0.4 is 0 Å². The molecule has 13 heavy (non-hydrogen) atoms. The number of hydrogen-bond acceptors (Lipinski definition) is 2. The van der Waals surface area contributed by atoms with Crippen molar-refractivity contribution in [1.82, 2.24) is 0 Å². The van der Waals surface area contributed by atoms with Crippen LogP contribution in [0.5, 0.6) is 0 Å². The Morgan fingerprint density at radius 3 is 2.62 bits per heavy atom. The van der Waals surface area contributed by atoms with E-state index in [1.54, 1.807) is 0 Å². The molecule has 0 spiro atoms. The molecule has 0 atom stereocenters. The smallest absolute Gasteiger partial charge is 0.258 e. The van der Waals surface area contributed by atoms with Crippen LogP contribution in [0.25, 0.3) is 0 Å². The average Bonchev–Trinajstić information content (AvgIpc) is 2.02. The van der Waals surface area contributed by atoms with E-state index in [2.05, 4.69) is 31.9 Å². The maximum Gasteiger partial charge on any atom is 0.274 e. The lowest BCUT2D eigenvalue weighted by Gasteiger charge is -2.03. The molecule has 0 aromatic heterocycles. The van der Waals surface area contributed by atoms with Crippen LogP contribution in [0.3, 0.4) is 0 Å². The van der Waals surface area contributed by atoms with Gasteiger partial charge in [0, 0.05) is 21.4 Å². The molecule has 3 nitrogen and oxygen atoms in total. The van der Waals surface area contributed by atoms with Crippen molar-refractivity contribution < 1.29 is 4.92 Å². The molecule has 1 rings (SSSR count). The first-order chi connectivity index (χ1) is 6.06. The highest BCUT2D eigenvalue weighted by molar-refractivity contribution is 9.10. The first-order valence-electron chi connectivity index (χ1n) is 3.55. The van der Waals surface area contributed by atoms with E-state index in [9.17, 15) is 10.1 Å². The molecule has 1 aromatic rings. The average molecular weight is 309 g/mol. The van der Waals surface area contributed by atoms with E-state index in [1.807, 2.05) is 13.0 Å². The summed E-state index contributed by atoms with van der Waals surface area (Å²) in [6.45, 7) is 1.86. The fraction of sp³-hybridized carbons (Fsp3) is 0.250. The fourth-order valence-electron chi connectivity index (χ4n) is 1.09. The number of nitro benzene ring substituents is 1. The fourth-order valence-corrected chi connectivity index (χ4v) is 2.38. The van der Waals surface area contributed by atoms with E-state index in [4.69, 9.17) is 0 Å².